The summed E-state index contributed by atoms with van der Waals surface area (Å²) >= 11 is 0. The number of benzene rings is 1. The fourth-order valence-electron chi connectivity index (χ4n) is 2.65. The molecule has 0 spiro atoms. The number of hydrogen-bond acceptors (Lipinski definition) is 3. The monoisotopic (exact) mass is 262 g/mol. The molecule has 0 amide bonds. The average Bonchev–Trinajstić information content (AvgIpc) is 2.91. The molecule has 0 radical (unpaired) electrons. The Morgan fingerprint density at radius 1 is 1.42 bits per heavy atom. The summed E-state index contributed by atoms with van der Waals surface area (Å²) < 4.78 is 5.56. The summed E-state index contributed by atoms with van der Waals surface area (Å²) in [5, 5.41) is 7.06. The molecule has 1 aromatic carbocycles. The normalized spacial score (nSPS) is 18.7. The van der Waals surface area contributed by atoms with Crippen LogP contribution < -0.4 is 15.4 Å². The lowest BCUT2D eigenvalue weighted by atomic mass is 10.1. The topological polar surface area (TPSA) is 33.3 Å². The Balaban J connectivity index is 1.71. The van der Waals surface area contributed by atoms with Crippen molar-refractivity contribution in [2.24, 2.45) is 0 Å². The van der Waals surface area contributed by atoms with E-state index in [9.17, 15) is 0 Å². The van der Waals surface area contributed by atoms with Gasteiger partial charge in [-0.25, -0.2) is 0 Å². The van der Waals surface area contributed by atoms with Gasteiger partial charge >= 0.3 is 0 Å². The van der Waals surface area contributed by atoms with Crippen LogP contribution in [0.4, 0.5) is 0 Å². The van der Waals surface area contributed by atoms with E-state index in [2.05, 4.69) is 35.8 Å². The van der Waals surface area contributed by atoms with E-state index in [0.717, 1.165) is 31.5 Å². The summed E-state index contributed by atoms with van der Waals surface area (Å²) in [4.78, 5) is 0. The molecule has 0 aliphatic carbocycles. The molecule has 0 aromatic heterocycles. The van der Waals surface area contributed by atoms with E-state index < -0.39 is 0 Å². The van der Waals surface area contributed by atoms with Crippen LogP contribution in [0.2, 0.25) is 0 Å². The zero-order chi connectivity index (χ0) is 13.5. The largest absolute Gasteiger partial charge is 0.494 e. The predicted molar refractivity (Wildman–Crippen MR) is 79.7 cm³/mol. The van der Waals surface area contributed by atoms with Crippen molar-refractivity contribution in [2.75, 3.05) is 19.7 Å². The molecule has 1 aliphatic rings. The van der Waals surface area contributed by atoms with Crippen LogP contribution in [0.1, 0.15) is 37.3 Å². The molecule has 19 heavy (non-hydrogen) atoms. The molecule has 106 valence electrons. The van der Waals surface area contributed by atoms with Gasteiger partial charge in [-0.05, 0) is 63.4 Å². The van der Waals surface area contributed by atoms with Gasteiger partial charge in [-0.2, -0.15) is 0 Å². The summed E-state index contributed by atoms with van der Waals surface area (Å²) in [6.07, 6.45) is 3.91. The van der Waals surface area contributed by atoms with Crippen LogP contribution in [0, 0.1) is 6.92 Å². The SMILES string of the molecule is CCOc1ccc(CNCCC2CCCN2)cc1C. The van der Waals surface area contributed by atoms with Crippen LogP contribution in [0.5, 0.6) is 5.75 Å². The molecule has 0 saturated carbocycles. The van der Waals surface area contributed by atoms with E-state index in [4.69, 9.17) is 4.74 Å². The maximum Gasteiger partial charge on any atom is 0.122 e. The highest BCUT2D eigenvalue weighted by atomic mass is 16.5. The maximum absolute atomic E-state index is 5.56. The molecule has 2 rings (SSSR count). The van der Waals surface area contributed by atoms with Gasteiger partial charge in [0.25, 0.3) is 0 Å². The molecule has 1 unspecified atom stereocenters. The second-order valence-corrected chi connectivity index (χ2v) is 5.29. The highest BCUT2D eigenvalue weighted by Gasteiger charge is 2.12. The van der Waals surface area contributed by atoms with E-state index in [1.165, 1.54) is 36.9 Å². The van der Waals surface area contributed by atoms with Gasteiger partial charge in [-0.3, -0.25) is 0 Å². The summed E-state index contributed by atoms with van der Waals surface area (Å²) in [5.41, 5.74) is 2.55. The van der Waals surface area contributed by atoms with Crippen LogP contribution >= 0.6 is 0 Å². The molecular formula is C16H26N2O. The van der Waals surface area contributed by atoms with Gasteiger partial charge in [0, 0.05) is 12.6 Å². The Kier molecular flexibility index (Phi) is 5.67. The first kappa shape index (κ1) is 14.4. The second kappa shape index (κ2) is 7.51. The van der Waals surface area contributed by atoms with Crippen LogP contribution in [-0.4, -0.2) is 25.7 Å². The Hall–Kier alpha value is -1.06. The van der Waals surface area contributed by atoms with Gasteiger partial charge in [-0.1, -0.05) is 12.1 Å². The van der Waals surface area contributed by atoms with Gasteiger partial charge in [0.15, 0.2) is 0 Å². The van der Waals surface area contributed by atoms with Crippen molar-refractivity contribution in [3.63, 3.8) is 0 Å². The van der Waals surface area contributed by atoms with Crippen LogP contribution in [0.3, 0.4) is 0 Å². The smallest absolute Gasteiger partial charge is 0.122 e. The van der Waals surface area contributed by atoms with Gasteiger partial charge in [-0.15, -0.1) is 0 Å². The van der Waals surface area contributed by atoms with E-state index in [1.807, 2.05) is 6.92 Å². The van der Waals surface area contributed by atoms with E-state index in [0.29, 0.717) is 0 Å². The minimum atomic E-state index is 0.729. The minimum absolute atomic E-state index is 0.729. The zero-order valence-corrected chi connectivity index (χ0v) is 12.2. The lowest BCUT2D eigenvalue weighted by Crippen LogP contribution is -2.26. The fraction of sp³-hybridized carbons (Fsp3) is 0.625. The number of nitrogens with one attached hydrogen (secondary N) is 2. The summed E-state index contributed by atoms with van der Waals surface area (Å²) in [6, 6.07) is 7.17. The van der Waals surface area contributed by atoms with Gasteiger partial charge in [0.2, 0.25) is 0 Å². The summed E-state index contributed by atoms with van der Waals surface area (Å²) in [7, 11) is 0. The standard InChI is InChI=1S/C16H26N2O/c1-3-19-16-7-6-14(11-13(16)2)12-17-10-8-15-5-4-9-18-15/h6-7,11,15,17-18H,3-5,8-10,12H2,1-2H3. The summed E-state index contributed by atoms with van der Waals surface area (Å²) in [6.45, 7) is 8.09. The molecular weight excluding hydrogens is 236 g/mol. The quantitative estimate of drug-likeness (QED) is 0.741. The van der Waals surface area contributed by atoms with Crippen molar-refractivity contribution in [3.05, 3.63) is 29.3 Å². The maximum atomic E-state index is 5.56. The molecule has 1 fully saturated rings. The molecule has 3 heteroatoms. The van der Waals surface area contributed by atoms with E-state index in [-0.39, 0.29) is 0 Å². The van der Waals surface area contributed by atoms with Crippen molar-refractivity contribution in [2.45, 2.75) is 45.7 Å². The Morgan fingerprint density at radius 3 is 3.00 bits per heavy atom. The molecule has 1 aromatic rings. The second-order valence-electron chi connectivity index (χ2n) is 5.29. The first-order valence-electron chi connectivity index (χ1n) is 7.46. The molecule has 1 aliphatic heterocycles. The molecule has 3 nitrogen and oxygen atoms in total. The predicted octanol–water partition coefficient (Wildman–Crippen LogP) is 2.63. The zero-order valence-electron chi connectivity index (χ0n) is 12.2. The molecule has 1 heterocycles. The van der Waals surface area contributed by atoms with Crippen molar-refractivity contribution in [1.29, 1.82) is 0 Å². The Morgan fingerprint density at radius 2 is 2.32 bits per heavy atom. The lowest BCUT2D eigenvalue weighted by Gasteiger charge is -2.12. The van der Waals surface area contributed by atoms with Crippen LogP contribution in [0.15, 0.2) is 18.2 Å². The molecule has 1 saturated heterocycles. The minimum Gasteiger partial charge on any atom is -0.494 e. The number of aryl methyl sites for hydroxylation is 1. The third kappa shape index (κ3) is 4.51. The Labute approximate surface area is 116 Å². The highest BCUT2D eigenvalue weighted by molar-refractivity contribution is 5.36. The van der Waals surface area contributed by atoms with Gasteiger partial charge < -0.3 is 15.4 Å². The van der Waals surface area contributed by atoms with Crippen molar-refractivity contribution < 1.29 is 4.74 Å². The van der Waals surface area contributed by atoms with Crippen molar-refractivity contribution in [1.82, 2.24) is 10.6 Å². The van der Waals surface area contributed by atoms with E-state index in [1.54, 1.807) is 0 Å². The third-order valence-corrected chi connectivity index (χ3v) is 3.70. The van der Waals surface area contributed by atoms with Crippen molar-refractivity contribution in [3.8, 4) is 5.75 Å². The number of ether oxygens (including phenoxy) is 1. The number of hydrogen-bond donors (Lipinski definition) is 2. The number of rotatable bonds is 7. The van der Waals surface area contributed by atoms with E-state index >= 15 is 0 Å². The molecule has 2 N–H and O–H groups in total. The lowest BCUT2D eigenvalue weighted by molar-refractivity contribution is 0.338. The first-order chi connectivity index (χ1) is 9.29. The van der Waals surface area contributed by atoms with Crippen LogP contribution in [0.25, 0.3) is 0 Å². The molecule has 0 bridgehead atoms. The fourth-order valence-corrected chi connectivity index (χ4v) is 2.65. The average molecular weight is 262 g/mol. The first-order valence-corrected chi connectivity index (χ1v) is 7.46. The molecule has 1 atom stereocenters. The van der Waals surface area contributed by atoms with Gasteiger partial charge in [0.05, 0.1) is 6.61 Å². The highest BCUT2D eigenvalue weighted by Crippen LogP contribution is 2.19. The third-order valence-electron chi connectivity index (χ3n) is 3.70. The summed E-state index contributed by atoms with van der Waals surface area (Å²) in [5.74, 6) is 1.00. The Bertz CT molecular complexity index is 386. The van der Waals surface area contributed by atoms with Gasteiger partial charge in [0.1, 0.15) is 5.75 Å². The van der Waals surface area contributed by atoms with Crippen molar-refractivity contribution >= 4 is 0 Å². The van der Waals surface area contributed by atoms with Crippen LogP contribution in [-0.2, 0) is 6.54 Å².